The van der Waals surface area contributed by atoms with Gasteiger partial charge in [-0.3, -0.25) is 14.5 Å². The van der Waals surface area contributed by atoms with E-state index in [0.717, 1.165) is 17.7 Å². The number of hydrogen-bond acceptors (Lipinski definition) is 3. The summed E-state index contributed by atoms with van der Waals surface area (Å²) in [5.41, 5.74) is -0.770. The molecule has 1 saturated heterocycles. The number of carbonyl (C=O) groups excluding carboxylic acids is 3. The zero-order chi connectivity index (χ0) is 16.5. The summed E-state index contributed by atoms with van der Waals surface area (Å²) in [5, 5.41) is 5.66. The van der Waals surface area contributed by atoms with Crippen molar-refractivity contribution >= 4 is 17.8 Å². The molecule has 0 radical (unpaired) electrons. The average Bonchev–Trinajstić information content (AvgIpc) is 2.67. The molecule has 0 bridgehead atoms. The summed E-state index contributed by atoms with van der Waals surface area (Å²) in [6, 6.07) is -0.426. The second-order valence-electron chi connectivity index (χ2n) is 7.19. The van der Waals surface area contributed by atoms with Gasteiger partial charge in [-0.15, -0.1) is 0 Å². The van der Waals surface area contributed by atoms with Crippen molar-refractivity contribution in [2.75, 3.05) is 6.54 Å². The molecular formula is C16H27N3O3. The van der Waals surface area contributed by atoms with Crippen molar-refractivity contribution in [3.05, 3.63) is 0 Å². The van der Waals surface area contributed by atoms with E-state index in [1.54, 1.807) is 0 Å². The Morgan fingerprint density at radius 1 is 1.32 bits per heavy atom. The van der Waals surface area contributed by atoms with E-state index in [-0.39, 0.29) is 24.4 Å². The normalized spacial score (nSPS) is 29.9. The average molecular weight is 309 g/mol. The number of rotatable bonds is 4. The Labute approximate surface area is 132 Å². The number of urea groups is 1. The fourth-order valence-electron chi connectivity index (χ4n) is 3.02. The van der Waals surface area contributed by atoms with Gasteiger partial charge in [-0.05, 0) is 44.4 Å². The van der Waals surface area contributed by atoms with Crippen LogP contribution in [0.15, 0.2) is 0 Å². The van der Waals surface area contributed by atoms with E-state index in [1.807, 2.05) is 20.8 Å². The first-order valence-electron chi connectivity index (χ1n) is 8.18. The SMILES string of the molecule is CC1CCC2(CC1)NC(=O)N(CC(=O)NC(C)C(C)C)C2=O. The number of nitrogens with zero attached hydrogens (tertiary/aromatic N) is 1. The number of carbonyl (C=O) groups is 3. The topological polar surface area (TPSA) is 78.5 Å². The van der Waals surface area contributed by atoms with Crippen LogP contribution in [0.1, 0.15) is 53.4 Å². The van der Waals surface area contributed by atoms with Gasteiger partial charge >= 0.3 is 6.03 Å². The molecule has 2 rings (SSSR count). The molecule has 1 unspecified atom stereocenters. The highest BCUT2D eigenvalue weighted by Crippen LogP contribution is 2.36. The van der Waals surface area contributed by atoms with Crippen LogP contribution in [0.25, 0.3) is 0 Å². The lowest BCUT2D eigenvalue weighted by Crippen LogP contribution is -2.50. The highest BCUT2D eigenvalue weighted by Gasteiger charge is 2.52. The van der Waals surface area contributed by atoms with E-state index in [4.69, 9.17) is 0 Å². The number of imide groups is 1. The summed E-state index contributed by atoms with van der Waals surface area (Å²) in [5.74, 6) is 0.362. The Balaban J connectivity index is 1.99. The number of amides is 4. The first kappa shape index (κ1) is 16.8. The largest absolute Gasteiger partial charge is 0.352 e. The monoisotopic (exact) mass is 309 g/mol. The summed E-state index contributed by atoms with van der Waals surface area (Å²) < 4.78 is 0. The third-order valence-corrected chi connectivity index (χ3v) is 5.06. The molecule has 124 valence electrons. The van der Waals surface area contributed by atoms with E-state index in [0.29, 0.717) is 24.7 Å². The molecule has 6 nitrogen and oxygen atoms in total. The molecule has 2 N–H and O–H groups in total. The van der Waals surface area contributed by atoms with Crippen LogP contribution in [0.2, 0.25) is 0 Å². The molecule has 1 saturated carbocycles. The molecule has 1 spiro atoms. The Morgan fingerprint density at radius 2 is 1.91 bits per heavy atom. The van der Waals surface area contributed by atoms with Gasteiger partial charge in [-0.1, -0.05) is 20.8 Å². The fraction of sp³-hybridized carbons (Fsp3) is 0.812. The van der Waals surface area contributed by atoms with E-state index in [1.165, 1.54) is 0 Å². The van der Waals surface area contributed by atoms with Gasteiger partial charge in [-0.25, -0.2) is 4.79 Å². The maximum absolute atomic E-state index is 12.6. The lowest BCUT2D eigenvalue weighted by Gasteiger charge is -2.33. The van der Waals surface area contributed by atoms with Gasteiger partial charge in [-0.2, -0.15) is 0 Å². The fourth-order valence-corrected chi connectivity index (χ4v) is 3.02. The minimum Gasteiger partial charge on any atom is -0.352 e. The van der Waals surface area contributed by atoms with Crippen molar-refractivity contribution < 1.29 is 14.4 Å². The molecule has 1 atom stereocenters. The molecule has 6 heteroatoms. The predicted molar refractivity (Wildman–Crippen MR) is 83.1 cm³/mol. The van der Waals surface area contributed by atoms with Gasteiger partial charge < -0.3 is 10.6 Å². The molecule has 4 amide bonds. The van der Waals surface area contributed by atoms with Crippen molar-refractivity contribution in [2.24, 2.45) is 11.8 Å². The van der Waals surface area contributed by atoms with Gasteiger partial charge in [0.05, 0.1) is 0 Å². The van der Waals surface area contributed by atoms with E-state index in [9.17, 15) is 14.4 Å². The van der Waals surface area contributed by atoms with Crippen LogP contribution in [0.3, 0.4) is 0 Å². The molecule has 1 aliphatic heterocycles. The lowest BCUT2D eigenvalue weighted by atomic mass is 9.77. The van der Waals surface area contributed by atoms with Crippen LogP contribution in [0.5, 0.6) is 0 Å². The molecule has 0 aromatic rings. The van der Waals surface area contributed by atoms with Crippen molar-refractivity contribution in [1.82, 2.24) is 15.5 Å². The Kier molecular flexibility index (Phi) is 4.78. The van der Waals surface area contributed by atoms with E-state index < -0.39 is 11.6 Å². The second-order valence-corrected chi connectivity index (χ2v) is 7.19. The van der Waals surface area contributed by atoms with Gasteiger partial charge in [0.25, 0.3) is 5.91 Å². The minimum absolute atomic E-state index is 0.0118. The van der Waals surface area contributed by atoms with Crippen LogP contribution in [0.4, 0.5) is 4.79 Å². The molecule has 2 aliphatic rings. The lowest BCUT2D eigenvalue weighted by molar-refractivity contribution is -0.136. The van der Waals surface area contributed by atoms with Gasteiger partial charge in [0, 0.05) is 6.04 Å². The summed E-state index contributed by atoms with van der Waals surface area (Å²) in [4.78, 5) is 37.8. The van der Waals surface area contributed by atoms with Crippen molar-refractivity contribution in [2.45, 2.75) is 65.0 Å². The number of nitrogens with one attached hydrogen (secondary N) is 2. The van der Waals surface area contributed by atoms with Crippen molar-refractivity contribution in [1.29, 1.82) is 0 Å². The molecule has 1 aliphatic carbocycles. The third-order valence-electron chi connectivity index (χ3n) is 5.06. The molecule has 2 fully saturated rings. The predicted octanol–water partition coefficient (Wildman–Crippen LogP) is 1.65. The summed E-state index contributed by atoms with van der Waals surface area (Å²) in [7, 11) is 0. The standard InChI is InChI=1S/C16H27N3O3/c1-10(2)12(4)17-13(20)9-19-14(21)16(18-15(19)22)7-5-11(3)6-8-16/h10-12H,5-9H2,1-4H3,(H,17,20)(H,18,22). The van der Waals surface area contributed by atoms with Gasteiger partial charge in [0.1, 0.15) is 12.1 Å². The smallest absolute Gasteiger partial charge is 0.325 e. The summed E-state index contributed by atoms with van der Waals surface area (Å²) >= 11 is 0. The van der Waals surface area contributed by atoms with Crippen LogP contribution >= 0.6 is 0 Å². The van der Waals surface area contributed by atoms with Gasteiger partial charge in [0.2, 0.25) is 5.91 Å². The highest BCUT2D eigenvalue weighted by molar-refractivity contribution is 6.09. The molecule has 0 aromatic heterocycles. The van der Waals surface area contributed by atoms with E-state index >= 15 is 0 Å². The van der Waals surface area contributed by atoms with Crippen LogP contribution in [-0.2, 0) is 9.59 Å². The zero-order valence-electron chi connectivity index (χ0n) is 13.9. The quantitative estimate of drug-likeness (QED) is 0.775. The van der Waals surface area contributed by atoms with Crippen molar-refractivity contribution in [3.8, 4) is 0 Å². The molecule has 22 heavy (non-hydrogen) atoms. The van der Waals surface area contributed by atoms with E-state index in [2.05, 4.69) is 17.6 Å². The molecular weight excluding hydrogens is 282 g/mol. The Hall–Kier alpha value is -1.59. The zero-order valence-corrected chi connectivity index (χ0v) is 13.9. The highest BCUT2D eigenvalue weighted by atomic mass is 16.2. The number of hydrogen-bond donors (Lipinski definition) is 2. The third kappa shape index (κ3) is 3.25. The first-order valence-corrected chi connectivity index (χ1v) is 8.18. The summed E-state index contributed by atoms with van der Waals surface area (Å²) in [6.07, 6.45) is 3.19. The molecule has 0 aromatic carbocycles. The minimum atomic E-state index is -0.770. The van der Waals surface area contributed by atoms with Crippen LogP contribution in [-0.4, -0.2) is 40.9 Å². The van der Waals surface area contributed by atoms with Crippen molar-refractivity contribution in [3.63, 3.8) is 0 Å². The van der Waals surface area contributed by atoms with Crippen LogP contribution in [0, 0.1) is 11.8 Å². The van der Waals surface area contributed by atoms with Crippen LogP contribution < -0.4 is 10.6 Å². The van der Waals surface area contributed by atoms with Gasteiger partial charge in [0.15, 0.2) is 0 Å². The Morgan fingerprint density at radius 3 is 2.45 bits per heavy atom. The maximum atomic E-state index is 12.6. The Bertz CT molecular complexity index is 467. The molecule has 1 heterocycles. The first-order chi connectivity index (χ1) is 10.2. The second kappa shape index (κ2) is 6.26. The maximum Gasteiger partial charge on any atom is 0.325 e. The summed E-state index contributed by atoms with van der Waals surface area (Å²) in [6.45, 7) is 7.90.